The highest BCUT2D eigenvalue weighted by Gasteiger charge is 2.26. The molecule has 1 amide bonds. The zero-order chi connectivity index (χ0) is 13.7. The molecule has 4 nitrogen and oxygen atoms in total. The predicted molar refractivity (Wildman–Crippen MR) is 75.0 cm³/mol. The third-order valence-corrected chi connectivity index (χ3v) is 3.58. The monoisotopic (exact) mass is 282 g/mol. The van der Waals surface area contributed by atoms with Crippen molar-refractivity contribution in [3.05, 3.63) is 34.9 Å². The van der Waals surface area contributed by atoms with Crippen molar-refractivity contribution in [2.75, 3.05) is 19.7 Å². The second-order valence-corrected chi connectivity index (χ2v) is 5.20. The molecule has 1 atom stereocenters. The maximum absolute atomic E-state index is 12.3. The molecule has 0 spiro atoms. The first-order valence-electron chi connectivity index (χ1n) is 6.58. The van der Waals surface area contributed by atoms with Gasteiger partial charge in [0.25, 0.3) is 0 Å². The van der Waals surface area contributed by atoms with E-state index in [1.807, 2.05) is 24.3 Å². The topological polar surface area (TPSA) is 52.6 Å². The van der Waals surface area contributed by atoms with Gasteiger partial charge in [0.2, 0.25) is 5.91 Å². The second kappa shape index (κ2) is 6.89. The maximum atomic E-state index is 12.3. The van der Waals surface area contributed by atoms with Crippen LogP contribution in [-0.2, 0) is 11.3 Å². The van der Waals surface area contributed by atoms with Crippen LogP contribution in [0.1, 0.15) is 18.4 Å². The van der Waals surface area contributed by atoms with Crippen LogP contribution < -0.4 is 5.32 Å². The van der Waals surface area contributed by atoms with Gasteiger partial charge < -0.3 is 15.3 Å². The summed E-state index contributed by atoms with van der Waals surface area (Å²) in [5, 5.41) is 13.0. The molecule has 1 saturated heterocycles. The van der Waals surface area contributed by atoms with Crippen LogP contribution in [0.15, 0.2) is 24.3 Å². The number of halogens is 1. The number of carbonyl (C=O) groups excluding carboxylic acids is 1. The van der Waals surface area contributed by atoms with E-state index in [2.05, 4.69) is 5.32 Å². The lowest BCUT2D eigenvalue weighted by molar-refractivity contribution is -0.134. The van der Waals surface area contributed by atoms with Crippen LogP contribution in [0.2, 0.25) is 5.02 Å². The number of hydrogen-bond acceptors (Lipinski definition) is 3. The van der Waals surface area contributed by atoms with Gasteiger partial charge in [-0.05, 0) is 37.1 Å². The Morgan fingerprint density at radius 2 is 2.16 bits per heavy atom. The van der Waals surface area contributed by atoms with Gasteiger partial charge in [-0.25, -0.2) is 0 Å². The number of amides is 1. The summed E-state index contributed by atoms with van der Waals surface area (Å²) in [6.07, 6.45) is 1.91. The molecule has 1 heterocycles. The van der Waals surface area contributed by atoms with Gasteiger partial charge in [-0.2, -0.15) is 0 Å². The Hall–Kier alpha value is -1.10. The standard InChI is InChI=1S/C14H19ClN2O2/c15-12-5-3-11(4-6-12)10-17(8-9-18)14(19)13-2-1-7-16-13/h3-6,13,16,18H,1-2,7-10H2. The molecule has 2 N–H and O–H groups in total. The minimum absolute atomic E-state index is 0.0218. The molecule has 0 aliphatic carbocycles. The number of nitrogens with zero attached hydrogens (tertiary/aromatic N) is 1. The molecule has 104 valence electrons. The lowest BCUT2D eigenvalue weighted by Gasteiger charge is -2.25. The fraction of sp³-hybridized carbons (Fsp3) is 0.500. The molecule has 1 aromatic rings. The molecule has 0 radical (unpaired) electrons. The summed E-state index contributed by atoms with van der Waals surface area (Å²) in [5.74, 6) is 0.0708. The van der Waals surface area contributed by atoms with Gasteiger partial charge in [0, 0.05) is 18.1 Å². The van der Waals surface area contributed by atoms with Gasteiger partial charge in [-0.1, -0.05) is 23.7 Å². The van der Waals surface area contributed by atoms with Crippen LogP contribution in [0.25, 0.3) is 0 Å². The molecule has 1 aliphatic rings. The van der Waals surface area contributed by atoms with Crippen molar-refractivity contribution in [1.29, 1.82) is 0 Å². The van der Waals surface area contributed by atoms with Crippen molar-refractivity contribution in [2.45, 2.75) is 25.4 Å². The highest BCUT2D eigenvalue weighted by molar-refractivity contribution is 6.30. The van der Waals surface area contributed by atoms with Gasteiger partial charge >= 0.3 is 0 Å². The van der Waals surface area contributed by atoms with E-state index < -0.39 is 0 Å². The van der Waals surface area contributed by atoms with Crippen LogP contribution in [0.4, 0.5) is 0 Å². The largest absolute Gasteiger partial charge is 0.395 e. The Morgan fingerprint density at radius 3 is 2.74 bits per heavy atom. The quantitative estimate of drug-likeness (QED) is 0.859. The van der Waals surface area contributed by atoms with E-state index in [0.717, 1.165) is 24.9 Å². The van der Waals surface area contributed by atoms with E-state index >= 15 is 0 Å². The van der Waals surface area contributed by atoms with Crippen molar-refractivity contribution in [2.24, 2.45) is 0 Å². The van der Waals surface area contributed by atoms with Gasteiger partial charge in [-0.3, -0.25) is 4.79 Å². The summed E-state index contributed by atoms with van der Waals surface area (Å²) in [7, 11) is 0. The number of nitrogens with one attached hydrogen (secondary N) is 1. The Morgan fingerprint density at radius 1 is 1.42 bits per heavy atom. The van der Waals surface area contributed by atoms with E-state index in [0.29, 0.717) is 18.1 Å². The second-order valence-electron chi connectivity index (χ2n) is 4.76. The van der Waals surface area contributed by atoms with Crippen molar-refractivity contribution >= 4 is 17.5 Å². The lowest BCUT2D eigenvalue weighted by Crippen LogP contribution is -2.44. The molecule has 0 aromatic heterocycles. The van der Waals surface area contributed by atoms with Crippen molar-refractivity contribution < 1.29 is 9.90 Å². The van der Waals surface area contributed by atoms with Gasteiger partial charge in [0.05, 0.1) is 12.6 Å². The average Bonchev–Trinajstić information content (AvgIpc) is 2.94. The van der Waals surface area contributed by atoms with Crippen molar-refractivity contribution in [1.82, 2.24) is 10.2 Å². The fourth-order valence-corrected chi connectivity index (χ4v) is 2.44. The number of aliphatic hydroxyl groups excluding tert-OH is 1. The van der Waals surface area contributed by atoms with Crippen LogP contribution in [0, 0.1) is 0 Å². The normalized spacial score (nSPS) is 18.5. The summed E-state index contributed by atoms with van der Waals surface area (Å²) in [6, 6.07) is 7.33. The first-order chi connectivity index (χ1) is 9.20. The predicted octanol–water partition coefficient (Wildman–Crippen LogP) is 1.41. The SMILES string of the molecule is O=C(C1CCCN1)N(CCO)Cc1ccc(Cl)cc1. The molecule has 19 heavy (non-hydrogen) atoms. The molecule has 0 saturated carbocycles. The molecular weight excluding hydrogens is 264 g/mol. The minimum atomic E-state index is -0.0983. The Labute approximate surface area is 118 Å². The molecule has 1 unspecified atom stereocenters. The third kappa shape index (κ3) is 3.93. The van der Waals surface area contributed by atoms with E-state index in [4.69, 9.17) is 16.7 Å². The summed E-state index contributed by atoms with van der Waals surface area (Å²) >= 11 is 5.84. The number of benzene rings is 1. The van der Waals surface area contributed by atoms with Gasteiger partial charge in [0.1, 0.15) is 0 Å². The molecule has 5 heteroatoms. The Balaban J connectivity index is 2.02. The number of carbonyl (C=O) groups is 1. The zero-order valence-corrected chi connectivity index (χ0v) is 11.6. The first-order valence-corrected chi connectivity index (χ1v) is 6.96. The number of rotatable bonds is 5. The molecule has 1 aliphatic heterocycles. The van der Waals surface area contributed by atoms with E-state index in [9.17, 15) is 4.79 Å². The molecule has 1 aromatic carbocycles. The van der Waals surface area contributed by atoms with Crippen LogP contribution >= 0.6 is 11.6 Å². The average molecular weight is 283 g/mol. The molecule has 0 bridgehead atoms. The summed E-state index contributed by atoms with van der Waals surface area (Å²) in [4.78, 5) is 14.0. The van der Waals surface area contributed by atoms with Crippen LogP contribution in [-0.4, -0.2) is 41.7 Å². The van der Waals surface area contributed by atoms with Crippen molar-refractivity contribution in [3.8, 4) is 0 Å². The number of aliphatic hydroxyl groups is 1. The maximum Gasteiger partial charge on any atom is 0.240 e. The lowest BCUT2D eigenvalue weighted by atomic mass is 10.1. The van der Waals surface area contributed by atoms with Crippen LogP contribution in [0.5, 0.6) is 0 Å². The van der Waals surface area contributed by atoms with Gasteiger partial charge in [0.15, 0.2) is 0 Å². The van der Waals surface area contributed by atoms with Crippen molar-refractivity contribution in [3.63, 3.8) is 0 Å². The third-order valence-electron chi connectivity index (χ3n) is 3.33. The zero-order valence-electron chi connectivity index (χ0n) is 10.8. The van der Waals surface area contributed by atoms with E-state index in [1.54, 1.807) is 4.90 Å². The molecule has 1 fully saturated rings. The summed E-state index contributed by atoms with van der Waals surface area (Å²) < 4.78 is 0. The van der Waals surface area contributed by atoms with E-state index in [1.165, 1.54) is 0 Å². The smallest absolute Gasteiger partial charge is 0.240 e. The molecule has 2 rings (SSSR count). The number of hydrogen-bond donors (Lipinski definition) is 2. The van der Waals surface area contributed by atoms with Crippen LogP contribution in [0.3, 0.4) is 0 Å². The Kier molecular flexibility index (Phi) is 5.19. The highest BCUT2D eigenvalue weighted by atomic mass is 35.5. The highest BCUT2D eigenvalue weighted by Crippen LogP contribution is 2.14. The van der Waals surface area contributed by atoms with Gasteiger partial charge in [-0.15, -0.1) is 0 Å². The first kappa shape index (κ1) is 14.3. The fourth-order valence-electron chi connectivity index (χ4n) is 2.31. The summed E-state index contributed by atoms with van der Waals surface area (Å²) in [5.41, 5.74) is 1.02. The molecular formula is C14H19ClN2O2. The minimum Gasteiger partial charge on any atom is -0.395 e. The van der Waals surface area contributed by atoms with E-state index in [-0.39, 0.29) is 18.6 Å². The summed E-state index contributed by atoms with van der Waals surface area (Å²) in [6.45, 7) is 1.74. The Bertz CT molecular complexity index is 416.